The molecule has 2 aromatic carbocycles. The number of hydrogen-bond acceptors (Lipinski definition) is 4. The van der Waals surface area contributed by atoms with E-state index in [4.69, 9.17) is 15.2 Å². The van der Waals surface area contributed by atoms with Crippen LogP contribution < -0.4 is 15.2 Å². The Balaban J connectivity index is 1.37. The summed E-state index contributed by atoms with van der Waals surface area (Å²) in [5.74, 6) is 1.36. The predicted molar refractivity (Wildman–Crippen MR) is 111 cm³/mol. The number of ether oxygens (including phenoxy) is 2. The largest absolute Gasteiger partial charge is 0.494 e. The number of aliphatic hydroxyl groups is 1. The first-order chi connectivity index (χ1) is 14.0. The second-order valence-electron chi connectivity index (χ2n) is 8.70. The van der Waals surface area contributed by atoms with Crippen molar-refractivity contribution in [1.29, 1.82) is 0 Å². The third-order valence-corrected chi connectivity index (χ3v) is 6.60. The van der Waals surface area contributed by atoms with Crippen LogP contribution in [-0.4, -0.2) is 31.0 Å². The maximum absolute atomic E-state index is 13.5. The fourth-order valence-corrected chi connectivity index (χ4v) is 4.78. The highest BCUT2D eigenvalue weighted by atomic mass is 19.1. The Labute approximate surface area is 171 Å². The van der Waals surface area contributed by atoms with Crippen LogP contribution in [0.1, 0.15) is 48.3 Å². The Morgan fingerprint density at radius 2 is 2.03 bits per heavy atom. The van der Waals surface area contributed by atoms with Gasteiger partial charge < -0.3 is 20.3 Å². The van der Waals surface area contributed by atoms with E-state index >= 15 is 0 Å². The highest BCUT2D eigenvalue weighted by Crippen LogP contribution is 2.40. The van der Waals surface area contributed by atoms with Crippen LogP contribution in [0.2, 0.25) is 0 Å². The zero-order valence-electron chi connectivity index (χ0n) is 17.0. The Bertz CT molecular complexity index is 871. The van der Waals surface area contributed by atoms with Gasteiger partial charge in [-0.2, -0.15) is 0 Å². The molecule has 0 unspecified atom stereocenters. The Morgan fingerprint density at radius 1 is 1.17 bits per heavy atom. The first kappa shape index (κ1) is 20.2. The maximum atomic E-state index is 13.5. The standard InChI is InChI=1S/C24H30FNO3/c1-28-23-12-21(6-7-22(23)25)29-14-16-2-3-18-11-19(5-4-17(18)10-16)20-8-9-24(26,13-20)15-27/h4-7,11-12,16,20,27H,2-3,8-10,13-15,26H2,1H3/t16-,20+,24-/m1/s1. The number of hydrogen-bond donors (Lipinski definition) is 2. The topological polar surface area (TPSA) is 64.7 Å². The summed E-state index contributed by atoms with van der Waals surface area (Å²) in [4.78, 5) is 0. The van der Waals surface area contributed by atoms with Crippen LogP contribution in [0, 0.1) is 11.7 Å². The van der Waals surface area contributed by atoms with E-state index in [0.717, 1.165) is 38.5 Å². The van der Waals surface area contributed by atoms with Crippen molar-refractivity contribution in [2.24, 2.45) is 11.7 Å². The molecule has 2 aliphatic carbocycles. The third-order valence-electron chi connectivity index (χ3n) is 6.60. The lowest BCUT2D eigenvalue weighted by Gasteiger charge is -2.26. The van der Waals surface area contributed by atoms with Gasteiger partial charge in [0.2, 0.25) is 0 Å². The van der Waals surface area contributed by atoms with Crippen molar-refractivity contribution in [3.05, 3.63) is 58.9 Å². The van der Waals surface area contributed by atoms with Gasteiger partial charge >= 0.3 is 0 Å². The molecule has 0 aromatic heterocycles. The van der Waals surface area contributed by atoms with E-state index in [1.807, 2.05) is 0 Å². The van der Waals surface area contributed by atoms with Crippen molar-refractivity contribution in [3.63, 3.8) is 0 Å². The Morgan fingerprint density at radius 3 is 2.79 bits per heavy atom. The monoisotopic (exact) mass is 399 g/mol. The second-order valence-corrected chi connectivity index (χ2v) is 8.70. The fraction of sp³-hybridized carbons (Fsp3) is 0.500. The molecule has 156 valence electrons. The Kier molecular flexibility index (Phi) is 5.79. The van der Waals surface area contributed by atoms with E-state index in [1.165, 1.54) is 29.9 Å². The van der Waals surface area contributed by atoms with Gasteiger partial charge in [-0.15, -0.1) is 0 Å². The van der Waals surface area contributed by atoms with Gasteiger partial charge in [-0.3, -0.25) is 0 Å². The molecular formula is C24H30FNO3. The summed E-state index contributed by atoms with van der Waals surface area (Å²) in [6.07, 6.45) is 5.92. The average molecular weight is 400 g/mol. The summed E-state index contributed by atoms with van der Waals surface area (Å²) in [6, 6.07) is 11.5. The van der Waals surface area contributed by atoms with Crippen LogP contribution in [0.5, 0.6) is 11.5 Å². The summed E-state index contributed by atoms with van der Waals surface area (Å²) < 4.78 is 24.5. The molecule has 4 nitrogen and oxygen atoms in total. The highest BCUT2D eigenvalue weighted by Gasteiger charge is 2.36. The minimum atomic E-state index is -0.411. The molecule has 0 heterocycles. The molecule has 3 atom stereocenters. The van der Waals surface area contributed by atoms with Gasteiger partial charge in [0, 0.05) is 11.6 Å². The average Bonchev–Trinajstić information content (AvgIpc) is 3.15. The van der Waals surface area contributed by atoms with Gasteiger partial charge in [0.05, 0.1) is 20.3 Å². The first-order valence-electron chi connectivity index (χ1n) is 10.5. The predicted octanol–water partition coefficient (Wildman–Crippen LogP) is 3.98. The molecule has 5 heteroatoms. The summed E-state index contributed by atoms with van der Waals surface area (Å²) in [6.45, 7) is 0.681. The quantitative estimate of drug-likeness (QED) is 0.771. The zero-order valence-corrected chi connectivity index (χ0v) is 17.0. The van der Waals surface area contributed by atoms with Crippen LogP contribution in [-0.2, 0) is 12.8 Å². The number of fused-ring (bicyclic) bond motifs is 1. The summed E-state index contributed by atoms with van der Waals surface area (Å²) in [7, 11) is 1.46. The van der Waals surface area contributed by atoms with Crippen LogP contribution in [0.25, 0.3) is 0 Å². The molecule has 2 aliphatic rings. The van der Waals surface area contributed by atoms with Crippen molar-refractivity contribution >= 4 is 0 Å². The van der Waals surface area contributed by atoms with E-state index in [2.05, 4.69) is 18.2 Å². The van der Waals surface area contributed by atoms with E-state index in [0.29, 0.717) is 24.2 Å². The third kappa shape index (κ3) is 4.41. The van der Waals surface area contributed by atoms with Gasteiger partial charge in [0.1, 0.15) is 5.75 Å². The molecule has 2 aromatic rings. The molecule has 0 spiro atoms. The molecule has 1 fully saturated rings. The number of rotatable bonds is 6. The van der Waals surface area contributed by atoms with E-state index in [1.54, 1.807) is 12.1 Å². The van der Waals surface area contributed by atoms with Crippen molar-refractivity contribution in [3.8, 4) is 11.5 Å². The molecule has 0 bridgehead atoms. The van der Waals surface area contributed by atoms with Crippen molar-refractivity contribution in [1.82, 2.24) is 0 Å². The number of aliphatic hydroxyl groups excluding tert-OH is 1. The lowest BCUT2D eigenvalue weighted by molar-refractivity contribution is 0.198. The molecule has 0 radical (unpaired) electrons. The molecular weight excluding hydrogens is 369 g/mol. The van der Waals surface area contributed by atoms with Crippen LogP contribution in [0.4, 0.5) is 4.39 Å². The smallest absolute Gasteiger partial charge is 0.165 e. The normalized spacial score (nSPS) is 26.2. The van der Waals surface area contributed by atoms with E-state index < -0.39 is 5.54 Å². The summed E-state index contributed by atoms with van der Waals surface area (Å²) in [5.41, 5.74) is 10.0. The second kappa shape index (κ2) is 8.33. The minimum absolute atomic E-state index is 0.0655. The van der Waals surface area contributed by atoms with Crippen molar-refractivity contribution in [2.75, 3.05) is 20.3 Å². The molecule has 0 saturated heterocycles. The Hall–Kier alpha value is -2.11. The van der Waals surface area contributed by atoms with Crippen LogP contribution in [0.15, 0.2) is 36.4 Å². The number of benzene rings is 2. The maximum Gasteiger partial charge on any atom is 0.165 e. The highest BCUT2D eigenvalue weighted by molar-refractivity contribution is 5.37. The van der Waals surface area contributed by atoms with Crippen molar-refractivity contribution in [2.45, 2.75) is 50.0 Å². The van der Waals surface area contributed by atoms with Crippen LogP contribution in [0.3, 0.4) is 0 Å². The number of methoxy groups -OCH3 is 1. The molecule has 0 amide bonds. The van der Waals surface area contributed by atoms with Gasteiger partial charge in [-0.05, 0) is 79.2 Å². The van der Waals surface area contributed by atoms with Gasteiger partial charge in [0.15, 0.2) is 11.6 Å². The molecule has 4 rings (SSSR count). The summed E-state index contributed by atoms with van der Waals surface area (Å²) in [5, 5.41) is 9.52. The molecule has 3 N–H and O–H groups in total. The lowest BCUT2D eigenvalue weighted by atomic mass is 9.82. The minimum Gasteiger partial charge on any atom is -0.494 e. The lowest BCUT2D eigenvalue weighted by Crippen LogP contribution is -2.40. The fourth-order valence-electron chi connectivity index (χ4n) is 4.78. The van der Waals surface area contributed by atoms with Gasteiger partial charge in [0.25, 0.3) is 0 Å². The first-order valence-corrected chi connectivity index (χ1v) is 10.5. The zero-order chi connectivity index (χ0) is 20.4. The molecule has 1 saturated carbocycles. The molecule has 0 aliphatic heterocycles. The van der Waals surface area contributed by atoms with Crippen LogP contribution >= 0.6 is 0 Å². The van der Waals surface area contributed by atoms with Gasteiger partial charge in [-0.25, -0.2) is 4.39 Å². The van der Waals surface area contributed by atoms with E-state index in [9.17, 15) is 9.50 Å². The molecule has 29 heavy (non-hydrogen) atoms. The number of nitrogens with two attached hydrogens (primary N) is 1. The van der Waals surface area contributed by atoms with Gasteiger partial charge in [-0.1, -0.05) is 18.2 Å². The SMILES string of the molecule is COc1cc(OC[C@@H]2CCc3cc([C@H]4CC[C@](N)(CO)C4)ccc3C2)ccc1F. The number of halogens is 1. The van der Waals surface area contributed by atoms with Crippen molar-refractivity contribution < 1.29 is 19.0 Å². The summed E-state index contributed by atoms with van der Waals surface area (Å²) >= 11 is 0. The van der Waals surface area contributed by atoms with E-state index in [-0.39, 0.29) is 18.2 Å². The number of aryl methyl sites for hydroxylation is 1.